The number of halogens is 3. The lowest BCUT2D eigenvalue weighted by Crippen LogP contribution is -2.15. The van der Waals surface area contributed by atoms with Crippen LogP contribution in [0.2, 0.25) is 0 Å². The van der Waals surface area contributed by atoms with Crippen molar-refractivity contribution in [2.75, 3.05) is 10.6 Å². The van der Waals surface area contributed by atoms with Crippen molar-refractivity contribution in [1.29, 1.82) is 0 Å². The number of hydrogen-bond donors (Lipinski definition) is 2. The molecule has 25 heavy (non-hydrogen) atoms. The molecule has 0 fully saturated rings. The van der Waals surface area contributed by atoms with Crippen molar-refractivity contribution in [3.63, 3.8) is 0 Å². The summed E-state index contributed by atoms with van der Waals surface area (Å²) in [5, 5.41) is 5.02. The third kappa shape index (κ3) is 3.77. The van der Waals surface area contributed by atoms with Gasteiger partial charge in [0.2, 0.25) is 5.95 Å². The zero-order valence-corrected chi connectivity index (χ0v) is 12.6. The van der Waals surface area contributed by atoms with Gasteiger partial charge in [-0.3, -0.25) is 4.79 Å². The fraction of sp³-hybridized carbons (Fsp3) is 0.0625. The van der Waals surface area contributed by atoms with E-state index in [0.717, 1.165) is 6.07 Å². The van der Waals surface area contributed by atoms with E-state index in [1.807, 2.05) is 0 Å². The van der Waals surface area contributed by atoms with Crippen LogP contribution < -0.4 is 10.6 Å². The lowest BCUT2D eigenvalue weighted by atomic mass is 10.2. The smallest absolute Gasteiger partial charge is 0.258 e. The minimum atomic E-state index is -1.66. The van der Waals surface area contributed by atoms with E-state index in [0.29, 0.717) is 18.4 Å². The highest BCUT2D eigenvalue weighted by Gasteiger charge is 2.16. The molecule has 0 saturated carbocycles. The third-order valence-electron chi connectivity index (χ3n) is 3.20. The molecule has 0 atom stereocenters. The number of rotatable bonds is 5. The molecule has 0 radical (unpaired) electrons. The molecule has 2 aromatic heterocycles. The summed E-state index contributed by atoms with van der Waals surface area (Å²) in [6.07, 6.45) is 3.96. The van der Waals surface area contributed by atoms with Crippen LogP contribution in [0.25, 0.3) is 0 Å². The summed E-state index contributed by atoms with van der Waals surface area (Å²) in [6, 6.07) is 5.14. The van der Waals surface area contributed by atoms with E-state index in [-0.39, 0.29) is 11.5 Å². The topological polar surface area (TPSA) is 80.0 Å². The van der Waals surface area contributed by atoms with Crippen LogP contribution in [0.3, 0.4) is 0 Å². The molecule has 2 heterocycles. The summed E-state index contributed by atoms with van der Waals surface area (Å²) < 4.78 is 44.7. The second-order valence-electron chi connectivity index (χ2n) is 4.91. The minimum Gasteiger partial charge on any atom is -0.467 e. The number of benzene rings is 1. The molecule has 1 amide bonds. The fourth-order valence-corrected chi connectivity index (χ4v) is 1.93. The van der Waals surface area contributed by atoms with Gasteiger partial charge >= 0.3 is 0 Å². The van der Waals surface area contributed by atoms with Crippen LogP contribution in [-0.2, 0) is 6.54 Å². The van der Waals surface area contributed by atoms with Crippen molar-refractivity contribution in [3.8, 4) is 0 Å². The Morgan fingerprint density at radius 1 is 1.08 bits per heavy atom. The molecule has 9 heteroatoms. The lowest BCUT2D eigenvalue weighted by molar-refractivity contribution is 0.102. The fourth-order valence-electron chi connectivity index (χ4n) is 1.93. The molecule has 0 saturated heterocycles. The van der Waals surface area contributed by atoms with Gasteiger partial charge in [-0.05, 0) is 24.3 Å². The molecule has 1 aromatic carbocycles. The van der Waals surface area contributed by atoms with Crippen molar-refractivity contribution < 1.29 is 22.4 Å². The van der Waals surface area contributed by atoms with Crippen molar-refractivity contribution in [3.05, 3.63) is 71.7 Å². The van der Waals surface area contributed by atoms with E-state index in [4.69, 9.17) is 4.42 Å². The number of nitrogens with one attached hydrogen (secondary N) is 2. The Morgan fingerprint density at radius 2 is 1.84 bits per heavy atom. The Kier molecular flexibility index (Phi) is 4.64. The van der Waals surface area contributed by atoms with Gasteiger partial charge in [0, 0.05) is 12.4 Å². The first-order valence-corrected chi connectivity index (χ1v) is 7.07. The predicted molar refractivity (Wildman–Crippen MR) is 82.3 cm³/mol. The van der Waals surface area contributed by atoms with E-state index < -0.39 is 29.0 Å². The molecule has 128 valence electrons. The van der Waals surface area contributed by atoms with Crippen LogP contribution in [0.1, 0.15) is 16.1 Å². The van der Waals surface area contributed by atoms with Crippen molar-refractivity contribution in [1.82, 2.24) is 9.97 Å². The monoisotopic (exact) mass is 348 g/mol. The Labute approximate surface area is 139 Å². The number of hydrogen-bond acceptors (Lipinski definition) is 5. The van der Waals surface area contributed by atoms with E-state index in [1.165, 1.54) is 18.7 Å². The molecule has 0 aliphatic heterocycles. The Morgan fingerprint density at radius 3 is 2.52 bits per heavy atom. The maximum absolute atomic E-state index is 13.6. The Bertz CT molecular complexity index is 883. The van der Waals surface area contributed by atoms with E-state index in [9.17, 15) is 18.0 Å². The van der Waals surface area contributed by atoms with E-state index in [1.54, 1.807) is 12.1 Å². The van der Waals surface area contributed by atoms with Crippen LogP contribution in [0.5, 0.6) is 0 Å². The largest absolute Gasteiger partial charge is 0.467 e. The van der Waals surface area contributed by atoms with Crippen LogP contribution in [0.15, 0.2) is 47.3 Å². The Balaban J connectivity index is 1.65. The standard InChI is InChI=1S/C16H11F3N4O2/c17-11-3-4-12(14(19)13(11)18)23-15(24)9-6-20-16(21-7-9)22-8-10-2-1-5-25-10/h1-7H,8H2,(H,23,24)(H,20,21,22). The van der Waals surface area contributed by atoms with Gasteiger partial charge in [-0.15, -0.1) is 0 Å². The highest BCUT2D eigenvalue weighted by molar-refractivity contribution is 6.03. The van der Waals surface area contributed by atoms with Gasteiger partial charge in [0.15, 0.2) is 17.5 Å². The van der Waals surface area contributed by atoms with Gasteiger partial charge in [0.05, 0.1) is 24.1 Å². The number of anilines is 2. The van der Waals surface area contributed by atoms with Gasteiger partial charge in [-0.1, -0.05) is 0 Å². The summed E-state index contributed by atoms with van der Waals surface area (Å²) in [4.78, 5) is 19.9. The number of nitrogens with zero attached hydrogens (tertiary/aromatic N) is 2. The molecule has 3 rings (SSSR count). The SMILES string of the molecule is O=C(Nc1ccc(F)c(F)c1F)c1cnc(NCc2ccco2)nc1. The van der Waals surface area contributed by atoms with Crippen molar-refractivity contribution in [2.45, 2.75) is 6.54 Å². The first kappa shape index (κ1) is 16.5. The number of aromatic nitrogens is 2. The highest BCUT2D eigenvalue weighted by atomic mass is 19.2. The van der Waals surface area contributed by atoms with Gasteiger partial charge in [0.25, 0.3) is 5.91 Å². The maximum Gasteiger partial charge on any atom is 0.258 e. The van der Waals surface area contributed by atoms with Crippen molar-refractivity contribution >= 4 is 17.5 Å². The van der Waals surface area contributed by atoms with Crippen LogP contribution >= 0.6 is 0 Å². The van der Waals surface area contributed by atoms with Crippen LogP contribution in [0, 0.1) is 17.5 Å². The van der Waals surface area contributed by atoms with Gasteiger partial charge in [-0.25, -0.2) is 23.1 Å². The molecule has 0 spiro atoms. The maximum atomic E-state index is 13.6. The second-order valence-corrected chi connectivity index (χ2v) is 4.91. The number of furan rings is 1. The third-order valence-corrected chi connectivity index (χ3v) is 3.20. The van der Waals surface area contributed by atoms with Gasteiger partial charge in [0.1, 0.15) is 5.76 Å². The molecule has 0 bridgehead atoms. The summed E-state index contributed by atoms with van der Waals surface area (Å²) in [5.41, 5.74) is -0.461. The first-order chi connectivity index (χ1) is 12.0. The highest BCUT2D eigenvalue weighted by Crippen LogP contribution is 2.20. The first-order valence-electron chi connectivity index (χ1n) is 7.07. The zero-order valence-electron chi connectivity index (χ0n) is 12.6. The van der Waals surface area contributed by atoms with E-state index >= 15 is 0 Å². The summed E-state index contributed by atoms with van der Waals surface area (Å²) >= 11 is 0. The van der Waals surface area contributed by atoms with Crippen molar-refractivity contribution in [2.24, 2.45) is 0 Å². The second kappa shape index (κ2) is 7.04. The molecule has 0 aliphatic carbocycles. The zero-order chi connectivity index (χ0) is 17.8. The predicted octanol–water partition coefficient (Wildman–Crippen LogP) is 3.35. The molecule has 0 unspecified atom stereocenters. The summed E-state index contributed by atoms with van der Waals surface area (Å²) in [6.45, 7) is 0.360. The van der Waals surface area contributed by atoms with Gasteiger partial charge < -0.3 is 15.1 Å². The summed E-state index contributed by atoms with van der Waals surface area (Å²) in [5.74, 6) is -4.31. The lowest BCUT2D eigenvalue weighted by Gasteiger charge is -2.07. The number of carbonyl (C=O) groups is 1. The molecular formula is C16H11F3N4O2. The number of carbonyl (C=O) groups excluding carboxylic acids is 1. The molecule has 0 aliphatic rings. The van der Waals surface area contributed by atoms with Crippen LogP contribution in [0.4, 0.5) is 24.8 Å². The Hall–Kier alpha value is -3.36. The average Bonchev–Trinajstić information content (AvgIpc) is 3.14. The van der Waals surface area contributed by atoms with E-state index in [2.05, 4.69) is 20.6 Å². The summed E-state index contributed by atoms with van der Waals surface area (Å²) in [7, 11) is 0. The average molecular weight is 348 g/mol. The quantitative estimate of drug-likeness (QED) is 0.691. The molecular weight excluding hydrogens is 337 g/mol. The molecule has 3 aromatic rings. The van der Waals surface area contributed by atoms with Gasteiger partial charge in [-0.2, -0.15) is 0 Å². The molecule has 6 nitrogen and oxygen atoms in total. The number of amides is 1. The normalized spacial score (nSPS) is 10.5. The molecule has 2 N–H and O–H groups in total. The van der Waals surface area contributed by atoms with Crippen LogP contribution in [-0.4, -0.2) is 15.9 Å². The minimum absolute atomic E-state index is 0.0210.